The number of amides is 2. The number of rotatable bonds is 8. The van der Waals surface area contributed by atoms with Crippen LogP contribution in [0.25, 0.3) is 0 Å². The van der Waals surface area contributed by atoms with Gasteiger partial charge in [0, 0.05) is 26.4 Å². The Balaban J connectivity index is 4.56. The first-order valence-electron chi connectivity index (χ1n) is 5.74. The molecule has 0 fully saturated rings. The van der Waals surface area contributed by atoms with Gasteiger partial charge in [0.05, 0.1) is 6.42 Å². The first kappa shape index (κ1) is 16.9. The van der Waals surface area contributed by atoms with Crippen LogP contribution in [-0.4, -0.2) is 58.0 Å². The third-order valence-corrected chi connectivity index (χ3v) is 2.42. The average Bonchev–Trinajstić information content (AvgIpc) is 2.30. The lowest BCUT2D eigenvalue weighted by Gasteiger charge is -2.26. The van der Waals surface area contributed by atoms with Crippen LogP contribution in [0, 0.1) is 0 Å². The summed E-state index contributed by atoms with van der Waals surface area (Å²) in [5.41, 5.74) is 0. The standard InChI is InChI=1S/C11H18N2O6/c1-7(11(18)19)13(6-5-12-8(2)14)9(15)3-4-10(16)17/h7H,3-6H2,1-2H3,(H,12,14)(H,16,17)(H,18,19). The number of carboxylic acid groups (broad SMARTS) is 2. The van der Waals surface area contributed by atoms with E-state index in [4.69, 9.17) is 10.2 Å². The van der Waals surface area contributed by atoms with Crippen molar-refractivity contribution in [3.8, 4) is 0 Å². The van der Waals surface area contributed by atoms with Crippen LogP contribution in [0.2, 0.25) is 0 Å². The molecule has 0 rings (SSSR count). The predicted octanol–water partition coefficient (Wildman–Crippen LogP) is -0.711. The largest absolute Gasteiger partial charge is 0.481 e. The average molecular weight is 274 g/mol. The Hall–Kier alpha value is -2.12. The lowest BCUT2D eigenvalue weighted by Crippen LogP contribution is -2.46. The summed E-state index contributed by atoms with van der Waals surface area (Å²) < 4.78 is 0. The fourth-order valence-corrected chi connectivity index (χ4v) is 1.38. The molecule has 0 aliphatic carbocycles. The van der Waals surface area contributed by atoms with Gasteiger partial charge in [0.2, 0.25) is 11.8 Å². The number of carbonyl (C=O) groups excluding carboxylic acids is 2. The molecule has 3 N–H and O–H groups in total. The summed E-state index contributed by atoms with van der Waals surface area (Å²) in [6.45, 7) is 2.77. The Morgan fingerprint density at radius 2 is 1.74 bits per heavy atom. The highest BCUT2D eigenvalue weighted by Crippen LogP contribution is 2.04. The fraction of sp³-hybridized carbons (Fsp3) is 0.636. The first-order chi connectivity index (χ1) is 8.75. The summed E-state index contributed by atoms with van der Waals surface area (Å²) in [5, 5.41) is 19.8. The molecule has 8 heteroatoms. The zero-order valence-corrected chi connectivity index (χ0v) is 10.9. The molecule has 8 nitrogen and oxygen atoms in total. The molecule has 0 saturated carbocycles. The first-order valence-corrected chi connectivity index (χ1v) is 5.74. The van der Waals surface area contributed by atoms with Crippen LogP contribution >= 0.6 is 0 Å². The molecule has 19 heavy (non-hydrogen) atoms. The highest BCUT2D eigenvalue weighted by molar-refractivity contribution is 5.85. The normalized spacial score (nSPS) is 11.5. The van der Waals surface area contributed by atoms with Crippen LogP contribution in [0.3, 0.4) is 0 Å². The summed E-state index contributed by atoms with van der Waals surface area (Å²) in [6.07, 6.45) is -0.630. The smallest absolute Gasteiger partial charge is 0.326 e. The van der Waals surface area contributed by atoms with E-state index in [2.05, 4.69) is 5.32 Å². The molecule has 0 aromatic carbocycles. The van der Waals surface area contributed by atoms with E-state index in [1.807, 2.05) is 0 Å². The van der Waals surface area contributed by atoms with E-state index in [0.29, 0.717) is 0 Å². The van der Waals surface area contributed by atoms with Crippen molar-refractivity contribution in [2.75, 3.05) is 13.1 Å². The molecule has 1 unspecified atom stereocenters. The number of hydrogen-bond donors (Lipinski definition) is 3. The second-order valence-electron chi connectivity index (χ2n) is 3.98. The lowest BCUT2D eigenvalue weighted by molar-refractivity contribution is -0.150. The van der Waals surface area contributed by atoms with Crippen molar-refractivity contribution in [1.29, 1.82) is 0 Å². The van der Waals surface area contributed by atoms with Crippen LogP contribution < -0.4 is 5.32 Å². The number of carboxylic acids is 2. The van der Waals surface area contributed by atoms with Gasteiger partial charge in [0.15, 0.2) is 0 Å². The minimum atomic E-state index is -1.19. The Kier molecular flexibility index (Phi) is 7.16. The quantitative estimate of drug-likeness (QED) is 0.537. The van der Waals surface area contributed by atoms with Gasteiger partial charge in [-0.25, -0.2) is 4.79 Å². The predicted molar refractivity (Wildman–Crippen MR) is 64.4 cm³/mol. The van der Waals surface area contributed by atoms with E-state index in [0.717, 1.165) is 4.90 Å². The topological polar surface area (TPSA) is 124 Å². The molecule has 0 aromatic heterocycles. The van der Waals surface area contributed by atoms with Crippen LogP contribution in [0.15, 0.2) is 0 Å². The van der Waals surface area contributed by atoms with E-state index < -0.39 is 23.9 Å². The molecule has 1 atom stereocenters. The van der Waals surface area contributed by atoms with Crippen LogP contribution in [0.4, 0.5) is 0 Å². The summed E-state index contributed by atoms with van der Waals surface area (Å²) in [7, 11) is 0. The maximum Gasteiger partial charge on any atom is 0.326 e. The van der Waals surface area contributed by atoms with Crippen molar-refractivity contribution < 1.29 is 29.4 Å². The van der Waals surface area contributed by atoms with Gasteiger partial charge in [-0.3, -0.25) is 14.4 Å². The van der Waals surface area contributed by atoms with E-state index in [-0.39, 0.29) is 31.8 Å². The highest BCUT2D eigenvalue weighted by atomic mass is 16.4. The van der Waals surface area contributed by atoms with Gasteiger partial charge < -0.3 is 20.4 Å². The van der Waals surface area contributed by atoms with Gasteiger partial charge in [-0.2, -0.15) is 0 Å². The number of nitrogens with one attached hydrogen (secondary N) is 1. The Morgan fingerprint density at radius 1 is 1.16 bits per heavy atom. The minimum Gasteiger partial charge on any atom is -0.481 e. The third kappa shape index (κ3) is 7.02. The molecule has 0 spiro atoms. The molecule has 0 radical (unpaired) electrons. The lowest BCUT2D eigenvalue weighted by atomic mass is 10.2. The van der Waals surface area contributed by atoms with Crippen molar-refractivity contribution in [1.82, 2.24) is 10.2 Å². The number of hydrogen-bond acceptors (Lipinski definition) is 4. The zero-order chi connectivity index (χ0) is 15.0. The maximum absolute atomic E-state index is 11.8. The molecule has 108 valence electrons. The molecule has 0 bridgehead atoms. The highest BCUT2D eigenvalue weighted by Gasteiger charge is 2.25. The second kappa shape index (κ2) is 8.06. The fourth-order valence-electron chi connectivity index (χ4n) is 1.38. The number of nitrogens with zero attached hydrogens (tertiary/aromatic N) is 1. The minimum absolute atomic E-state index is 0.0193. The van der Waals surface area contributed by atoms with Gasteiger partial charge >= 0.3 is 11.9 Å². The SMILES string of the molecule is CC(=O)NCCN(C(=O)CCC(=O)O)C(C)C(=O)O. The van der Waals surface area contributed by atoms with Crippen molar-refractivity contribution in [2.24, 2.45) is 0 Å². The monoisotopic (exact) mass is 274 g/mol. The Labute approximate surface area is 110 Å². The molecule has 0 heterocycles. The van der Waals surface area contributed by atoms with Gasteiger partial charge in [0.1, 0.15) is 6.04 Å². The van der Waals surface area contributed by atoms with Crippen LogP contribution in [-0.2, 0) is 19.2 Å². The van der Waals surface area contributed by atoms with Crippen molar-refractivity contribution in [2.45, 2.75) is 32.7 Å². The van der Waals surface area contributed by atoms with Gasteiger partial charge in [-0.05, 0) is 6.92 Å². The molecule has 0 aliphatic rings. The second-order valence-corrected chi connectivity index (χ2v) is 3.98. The molecule has 0 saturated heterocycles. The van der Waals surface area contributed by atoms with Crippen molar-refractivity contribution in [3.05, 3.63) is 0 Å². The van der Waals surface area contributed by atoms with E-state index >= 15 is 0 Å². The zero-order valence-electron chi connectivity index (χ0n) is 10.9. The Morgan fingerprint density at radius 3 is 2.16 bits per heavy atom. The van der Waals surface area contributed by atoms with Crippen LogP contribution in [0.1, 0.15) is 26.7 Å². The van der Waals surface area contributed by atoms with Gasteiger partial charge in [0.25, 0.3) is 0 Å². The van der Waals surface area contributed by atoms with Crippen molar-refractivity contribution in [3.63, 3.8) is 0 Å². The third-order valence-electron chi connectivity index (χ3n) is 2.42. The molecular weight excluding hydrogens is 256 g/mol. The van der Waals surface area contributed by atoms with Crippen molar-refractivity contribution >= 4 is 23.8 Å². The summed E-state index contributed by atoms with van der Waals surface area (Å²) in [6, 6.07) is -1.07. The van der Waals surface area contributed by atoms with Crippen LogP contribution in [0.5, 0.6) is 0 Å². The summed E-state index contributed by atoms with van der Waals surface area (Å²) in [4.78, 5) is 44.8. The Bertz CT molecular complexity index is 368. The number of carbonyl (C=O) groups is 4. The molecule has 2 amide bonds. The van der Waals surface area contributed by atoms with E-state index in [1.165, 1.54) is 13.8 Å². The van der Waals surface area contributed by atoms with E-state index in [1.54, 1.807) is 0 Å². The van der Waals surface area contributed by atoms with E-state index in [9.17, 15) is 19.2 Å². The van der Waals surface area contributed by atoms with Gasteiger partial charge in [-0.15, -0.1) is 0 Å². The van der Waals surface area contributed by atoms with Gasteiger partial charge in [-0.1, -0.05) is 0 Å². The molecular formula is C11H18N2O6. The maximum atomic E-state index is 11.8. The molecule has 0 aliphatic heterocycles. The number of aliphatic carboxylic acids is 2. The molecule has 0 aromatic rings. The summed E-state index contributed by atoms with van der Waals surface area (Å²) >= 11 is 0. The summed E-state index contributed by atoms with van der Waals surface area (Å²) in [5.74, 6) is -3.17.